The minimum Gasteiger partial charge on any atom is -0.497 e. The van der Waals surface area contributed by atoms with E-state index in [9.17, 15) is 0 Å². The molecule has 0 atom stereocenters. The average molecular weight is 259 g/mol. The van der Waals surface area contributed by atoms with Crippen molar-refractivity contribution in [2.45, 2.75) is 31.1 Å². The number of hydrogen-bond donors (Lipinski definition) is 1. The molecule has 4 nitrogen and oxygen atoms in total. The summed E-state index contributed by atoms with van der Waals surface area (Å²) in [4.78, 5) is 4.85. The summed E-state index contributed by atoms with van der Waals surface area (Å²) in [6.45, 7) is 0.682. The molecule has 0 spiro atoms. The highest BCUT2D eigenvalue weighted by atomic mass is 16.5. The molecule has 3 rings (SSSR count). The van der Waals surface area contributed by atoms with Gasteiger partial charge in [-0.05, 0) is 25.0 Å². The number of hydrogen-bond acceptors (Lipinski definition) is 3. The van der Waals surface area contributed by atoms with Gasteiger partial charge in [0, 0.05) is 25.1 Å². The number of ether oxygens (including phenoxy) is 1. The number of methoxy groups -OCH3 is 1. The molecule has 1 aliphatic rings. The van der Waals surface area contributed by atoms with E-state index in [-0.39, 0.29) is 5.41 Å². The largest absolute Gasteiger partial charge is 0.497 e. The average Bonchev–Trinajstić information content (AvgIpc) is 3.04. The van der Waals surface area contributed by atoms with Crippen molar-refractivity contribution in [2.24, 2.45) is 12.8 Å². The van der Waals surface area contributed by atoms with Crippen LogP contribution < -0.4 is 10.5 Å². The van der Waals surface area contributed by atoms with Crippen LogP contribution in [0.25, 0.3) is 11.0 Å². The minimum atomic E-state index is 0.0704. The van der Waals surface area contributed by atoms with Crippen LogP contribution in [-0.2, 0) is 12.5 Å². The van der Waals surface area contributed by atoms with Gasteiger partial charge in [0.05, 0.1) is 18.1 Å². The normalized spacial score (nSPS) is 18.1. The maximum atomic E-state index is 6.07. The van der Waals surface area contributed by atoms with Crippen LogP contribution in [0.4, 0.5) is 0 Å². The molecular formula is C15H21N3O. The fourth-order valence-corrected chi connectivity index (χ4v) is 3.35. The maximum absolute atomic E-state index is 6.07. The van der Waals surface area contributed by atoms with Crippen LogP contribution in [0.1, 0.15) is 31.5 Å². The Morgan fingerprint density at radius 2 is 2.11 bits per heavy atom. The van der Waals surface area contributed by atoms with Gasteiger partial charge in [0.15, 0.2) is 0 Å². The van der Waals surface area contributed by atoms with Crippen molar-refractivity contribution in [3.8, 4) is 5.75 Å². The third-order valence-corrected chi connectivity index (χ3v) is 4.51. The van der Waals surface area contributed by atoms with E-state index in [1.807, 2.05) is 12.1 Å². The summed E-state index contributed by atoms with van der Waals surface area (Å²) in [6, 6.07) is 6.05. The third-order valence-electron chi connectivity index (χ3n) is 4.51. The first-order chi connectivity index (χ1) is 9.20. The highest BCUT2D eigenvalue weighted by Crippen LogP contribution is 2.40. The molecule has 2 N–H and O–H groups in total. The van der Waals surface area contributed by atoms with Gasteiger partial charge in [0.1, 0.15) is 11.6 Å². The van der Waals surface area contributed by atoms with Crippen molar-refractivity contribution in [1.82, 2.24) is 9.55 Å². The Kier molecular flexibility index (Phi) is 2.97. The van der Waals surface area contributed by atoms with E-state index in [2.05, 4.69) is 17.7 Å². The molecule has 0 radical (unpaired) electrons. The lowest BCUT2D eigenvalue weighted by atomic mass is 9.85. The Morgan fingerprint density at radius 3 is 2.74 bits per heavy atom. The summed E-state index contributed by atoms with van der Waals surface area (Å²) in [5.74, 6) is 1.99. The van der Waals surface area contributed by atoms with E-state index >= 15 is 0 Å². The van der Waals surface area contributed by atoms with Crippen molar-refractivity contribution >= 4 is 11.0 Å². The number of nitrogens with two attached hydrogens (primary N) is 1. The molecule has 1 saturated carbocycles. The molecule has 0 unspecified atom stereocenters. The van der Waals surface area contributed by atoms with Gasteiger partial charge in [-0.3, -0.25) is 0 Å². The monoisotopic (exact) mass is 259 g/mol. The van der Waals surface area contributed by atoms with E-state index in [0.717, 1.165) is 35.4 Å². The van der Waals surface area contributed by atoms with Crippen molar-refractivity contribution in [3.63, 3.8) is 0 Å². The van der Waals surface area contributed by atoms with Crippen LogP contribution in [0, 0.1) is 0 Å². The minimum absolute atomic E-state index is 0.0704. The van der Waals surface area contributed by atoms with Crippen LogP contribution in [0.3, 0.4) is 0 Å². The Hall–Kier alpha value is -1.55. The molecular weight excluding hydrogens is 238 g/mol. The Morgan fingerprint density at radius 1 is 1.37 bits per heavy atom. The van der Waals surface area contributed by atoms with Gasteiger partial charge in [0.25, 0.3) is 0 Å². The number of rotatable bonds is 3. The van der Waals surface area contributed by atoms with Crippen molar-refractivity contribution in [3.05, 3.63) is 24.0 Å². The van der Waals surface area contributed by atoms with E-state index < -0.39 is 0 Å². The van der Waals surface area contributed by atoms with Crippen LogP contribution >= 0.6 is 0 Å². The van der Waals surface area contributed by atoms with E-state index in [1.165, 1.54) is 12.8 Å². The first kappa shape index (κ1) is 12.5. The lowest BCUT2D eigenvalue weighted by Gasteiger charge is -2.26. The van der Waals surface area contributed by atoms with Gasteiger partial charge >= 0.3 is 0 Å². The number of nitrogens with zero attached hydrogens (tertiary/aromatic N) is 2. The molecule has 0 bridgehead atoms. The Bertz CT molecular complexity index is 597. The molecule has 0 saturated heterocycles. The lowest BCUT2D eigenvalue weighted by molar-refractivity contribution is 0.414. The fraction of sp³-hybridized carbons (Fsp3) is 0.533. The number of benzene rings is 1. The Labute approximate surface area is 113 Å². The number of imidazole rings is 1. The maximum Gasteiger partial charge on any atom is 0.121 e. The van der Waals surface area contributed by atoms with Crippen LogP contribution in [-0.4, -0.2) is 23.2 Å². The number of aryl methyl sites for hydroxylation is 1. The molecule has 1 aromatic heterocycles. The van der Waals surface area contributed by atoms with Gasteiger partial charge < -0.3 is 15.0 Å². The molecule has 4 heteroatoms. The number of fused-ring (bicyclic) bond motifs is 1. The predicted octanol–water partition coefficient (Wildman–Crippen LogP) is 2.35. The first-order valence-corrected chi connectivity index (χ1v) is 6.91. The van der Waals surface area contributed by atoms with Crippen LogP contribution in [0.5, 0.6) is 5.75 Å². The van der Waals surface area contributed by atoms with Gasteiger partial charge in [0.2, 0.25) is 0 Å². The van der Waals surface area contributed by atoms with Crippen LogP contribution in [0.15, 0.2) is 18.2 Å². The zero-order chi connectivity index (χ0) is 13.5. The molecule has 1 aromatic carbocycles. The van der Waals surface area contributed by atoms with E-state index in [4.69, 9.17) is 15.5 Å². The standard InChI is InChI=1S/C15H21N3O/c1-18-13-6-5-11(19-2)9-12(13)17-14(18)15(10-16)7-3-4-8-15/h5-6,9H,3-4,7-8,10,16H2,1-2H3. The number of aromatic nitrogens is 2. The first-order valence-electron chi connectivity index (χ1n) is 6.91. The Balaban J connectivity index is 2.16. The fourth-order valence-electron chi connectivity index (χ4n) is 3.35. The van der Waals surface area contributed by atoms with Crippen molar-refractivity contribution in [1.29, 1.82) is 0 Å². The third kappa shape index (κ3) is 1.82. The van der Waals surface area contributed by atoms with E-state index in [1.54, 1.807) is 7.11 Å². The highest BCUT2D eigenvalue weighted by molar-refractivity contribution is 5.78. The summed E-state index contributed by atoms with van der Waals surface area (Å²) >= 11 is 0. The molecule has 102 valence electrons. The summed E-state index contributed by atoms with van der Waals surface area (Å²) in [7, 11) is 3.77. The molecule has 1 heterocycles. The molecule has 1 fully saturated rings. The van der Waals surface area contributed by atoms with Gasteiger partial charge in [-0.2, -0.15) is 0 Å². The highest BCUT2D eigenvalue weighted by Gasteiger charge is 2.38. The van der Waals surface area contributed by atoms with Crippen molar-refractivity contribution < 1.29 is 4.74 Å². The zero-order valence-corrected chi connectivity index (χ0v) is 11.6. The van der Waals surface area contributed by atoms with Crippen molar-refractivity contribution in [2.75, 3.05) is 13.7 Å². The molecule has 1 aliphatic carbocycles. The summed E-state index contributed by atoms with van der Waals surface area (Å²) < 4.78 is 7.48. The summed E-state index contributed by atoms with van der Waals surface area (Å²) in [6.07, 6.45) is 4.81. The molecule has 0 amide bonds. The quantitative estimate of drug-likeness (QED) is 0.920. The topological polar surface area (TPSA) is 53.1 Å². The smallest absolute Gasteiger partial charge is 0.121 e. The SMILES string of the molecule is COc1ccc2c(c1)nc(C1(CN)CCCC1)n2C. The molecule has 19 heavy (non-hydrogen) atoms. The second-order valence-corrected chi connectivity index (χ2v) is 5.54. The predicted molar refractivity (Wildman–Crippen MR) is 76.5 cm³/mol. The second kappa shape index (κ2) is 4.53. The van der Waals surface area contributed by atoms with Gasteiger partial charge in [-0.15, -0.1) is 0 Å². The van der Waals surface area contributed by atoms with Gasteiger partial charge in [-0.25, -0.2) is 4.98 Å². The summed E-state index contributed by atoms with van der Waals surface area (Å²) in [5, 5.41) is 0. The van der Waals surface area contributed by atoms with Gasteiger partial charge in [-0.1, -0.05) is 12.8 Å². The zero-order valence-electron chi connectivity index (χ0n) is 11.6. The summed E-state index contributed by atoms with van der Waals surface area (Å²) in [5.41, 5.74) is 8.29. The lowest BCUT2D eigenvalue weighted by Crippen LogP contribution is -2.34. The van der Waals surface area contributed by atoms with Crippen LogP contribution in [0.2, 0.25) is 0 Å². The molecule has 0 aliphatic heterocycles. The van der Waals surface area contributed by atoms with E-state index in [0.29, 0.717) is 6.54 Å². The molecule has 2 aromatic rings. The second-order valence-electron chi connectivity index (χ2n) is 5.54.